The van der Waals surface area contributed by atoms with Gasteiger partial charge in [0.15, 0.2) is 11.6 Å². The van der Waals surface area contributed by atoms with Gasteiger partial charge < -0.3 is 4.42 Å². The normalized spacial score (nSPS) is 10.7. The van der Waals surface area contributed by atoms with E-state index in [-0.39, 0.29) is 11.6 Å². The lowest BCUT2D eigenvalue weighted by molar-refractivity contribution is 0.102. The molecule has 5 nitrogen and oxygen atoms in total. The van der Waals surface area contributed by atoms with E-state index in [1.54, 1.807) is 11.8 Å². The number of anilines is 1. The molecule has 0 aliphatic carbocycles. The maximum atomic E-state index is 13.2. The quantitative estimate of drug-likeness (QED) is 0.651. The molecule has 1 heterocycles. The molecule has 8 heteroatoms. The number of nitrogens with one attached hydrogen (secondary N) is 1. The summed E-state index contributed by atoms with van der Waals surface area (Å²) in [6.07, 6.45) is 0.422. The van der Waals surface area contributed by atoms with Crippen molar-refractivity contribution in [3.05, 3.63) is 71.1 Å². The summed E-state index contributed by atoms with van der Waals surface area (Å²) in [5.41, 5.74) is 0.945. The van der Waals surface area contributed by atoms with Gasteiger partial charge in [0.25, 0.3) is 5.91 Å². The molecule has 3 rings (SSSR count). The van der Waals surface area contributed by atoms with Gasteiger partial charge in [0.1, 0.15) is 0 Å². The van der Waals surface area contributed by atoms with Crippen molar-refractivity contribution in [1.82, 2.24) is 10.2 Å². The Morgan fingerprint density at radius 3 is 2.58 bits per heavy atom. The van der Waals surface area contributed by atoms with Gasteiger partial charge in [-0.05, 0) is 41.6 Å². The van der Waals surface area contributed by atoms with Gasteiger partial charge in [0, 0.05) is 10.5 Å². The topological polar surface area (TPSA) is 68.0 Å². The van der Waals surface area contributed by atoms with Crippen molar-refractivity contribution in [3.63, 3.8) is 0 Å². The Bertz CT molecular complexity index is 913. The molecule has 0 aliphatic rings. The second-order valence-corrected chi connectivity index (χ2v) is 6.68. The molecular weight excluding hydrogens is 360 g/mol. The summed E-state index contributed by atoms with van der Waals surface area (Å²) in [7, 11) is 0. The van der Waals surface area contributed by atoms with Gasteiger partial charge in [0.2, 0.25) is 5.89 Å². The number of amides is 1. The van der Waals surface area contributed by atoms with Crippen molar-refractivity contribution in [2.75, 3.05) is 11.1 Å². The Kier molecular flexibility index (Phi) is 5.62. The number of nitrogens with zero attached hydrogens (tertiary/aromatic N) is 2. The molecule has 1 aromatic heterocycles. The van der Waals surface area contributed by atoms with Crippen molar-refractivity contribution in [1.29, 1.82) is 0 Å². The molecule has 0 atom stereocenters. The third-order valence-electron chi connectivity index (χ3n) is 3.46. The second kappa shape index (κ2) is 8.09. The Hall–Kier alpha value is -2.74. The van der Waals surface area contributed by atoms with Gasteiger partial charge in [-0.25, -0.2) is 8.78 Å². The summed E-state index contributed by atoms with van der Waals surface area (Å²) in [4.78, 5) is 13.2. The van der Waals surface area contributed by atoms with Crippen LogP contribution in [-0.4, -0.2) is 21.9 Å². The molecule has 3 aromatic rings. The third kappa shape index (κ3) is 4.45. The van der Waals surface area contributed by atoms with E-state index in [0.29, 0.717) is 12.3 Å². The number of hydrogen-bond donors (Lipinski definition) is 1. The van der Waals surface area contributed by atoms with E-state index in [1.807, 2.05) is 24.3 Å². The van der Waals surface area contributed by atoms with Gasteiger partial charge in [-0.2, -0.15) is 0 Å². The first-order valence-corrected chi connectivity index (χ1v) is 8.84. The number of benzene rings is 2. The smallest absolute Gasteiger partial charge is 0.322 e. The lowest BCUT2D eigenvalue weighted by Crippen LogP contribution is -2.12. The van der Waals surface area contributed by atoms with E-state index in [9.17, 15) is 13.6 Å². The molecule has 2 aromatic carbocycles. The Labute approximate surface area is 152 Å². The number of halogens is 2. The van der Waals surface area contributed by atoms with Crippen LogP contribution >= 0.6 is 11.8 Å². The van der Waals surface area contributed by atoms with Gasteiger partial charge in [-0.1, -0.05) is 24.2 Å². The lowest BCUT2D eigenvalue weighted by atomic mass is 10.1. The van der Waals surface area contributed by atoms with Crippen molar-refractivity contribution in [3.8, 4) is 0 Å². The first kappa shape index (κ1) is 18.1. The van der Waals surface area contributed by atoms with E-state index in [1.165, 1.54) is 11.0 Å². The van der Waals surface area contributed by atoms with Crippen LogP contribution in [0.2, 0.25) is 0 Å². The molecule has 134 valence electrons. The molecule has 26 heavy (non-hydrogen) atoms. The summed E-state index contributed by atoms with van der Waals surface area (Å²) < 4.78 is 31.5. The molecule has 0 radical (unpaired) electrons. The van der Waals surface area contributed by atoms with Crippen LogP contribution in [0.15, 0.2) is 51.8 Å². The minimum absolute atomic E-state index is 0.0485. The molecule has 0 saturated carbocycles. The van der Waals surface area contributed by atoms with E-state index in [0.717, 1.165) is 23.4 Å². The lowest BCUT2D eigenvalue weighted by Gasteiger charge is -2.02. The van der Waals surface area contributed by atoms with Gasteiger partial charge in [0.05, 0.1) is 6.42 Å². The summed E-state index contributed by atoms with van der Waals surface area (Å²) in [6.45, 7) is 2.09. The van der Waals surface area contributed by atoms with Crippen LogP contribution in [0.4, 0.5) is 14.8 Å². The number of thioether (sulfide) groups is 1. The van der Waals surface area contributed by atoms with Crippen LogP contribution in [0.5, 0.6) is 0 Å². The molecule has 0 bridgehead atoms. The van der Waals surface area contributed by atoms with Crippen molar-refractivity contribution in [2.45, 2.75) is 18.2 Å². The Morgan fingerprint density at radius 2 is 1.88 bits per heavy atom. The average molecular weight is 375 g/mol. The Balaban J connectivity index is 1.63. The van der Waals surface area contributed by atoms with Gasteiger partial charge >= 0.3 is 6.01 Å². The average Bonchev–Trinajstić information content (AvgIpc) is 3.06. The zero-order valence-corrected chi connectivity index (χ0v) is 14.6. The van der Waals surface area contributed by atoms with E-state index in [2.05, 4.69) is 22.4 Å². The highest BCUT2D eigenvalue weighted by atomic mass is 32.2. The number of carbonyl (C=O) groups is 1. The molecule has 0 saturated heterocycles. The van der Waals surface area contributed by atoms with Crippen LogP contribution in [0.3, 0.4) is 0 Å². The van der Waals surface area contributed by atoms with Crippen LogP contribution in [0.25, 0.3) is 0 Å². The van der Waals surface area contributed by atoms with Crippen molar-refractivity contribution >= 4 is 23.7 Å². The number of carbonyl (C=O) groups excluding carboxylic acids is 1. The molecule has 0 fully saturated rings. The van der Waals surface area contributed by atoms with Crippen LogP contribution < -0.4 is 5.32 Å². The van der Waals surface area contributed by atoms with E-state index in [4.69, 9.17) is 4.42 Å². The minimum atomic E-state index is -1.10. The standard InChI is InChI=1S/C18H15F2N3O2S/c1-2-26-13-6-3-11(4-7-13)9-16-22-23-18(25-16)21-17(24)12-5-8-14(19)15(20)10-12/h3-8,10H,2,9H2,1H3,(H,21,23,24). The SMILES string of the molecule is CCSc1ccc(Cc2nnc(NC(=O)c3ccc(F)c(F)c3)o2)cc1. The highest BCUT2D eigenvalue weighted by Gasteiger charge is 2.14. The second-order valence-electron chi connectivity index (χ2n) is 5.34. The first-order valence-electron chi connectivity index (χ1n) is 7.85. The number of hydrogen-bond acceptors (Lipinski definition) is 5. The van der Waals surface area contributed by atoms with Crippen LogP contribution in [-0.2, 0) is 6.42 Å². The monoisotopic (exact) mass is 375 g/mol. The fourth-order valence-corrected chi connectivity index (χ4v) is 2.89. The molecule has 0 spiro atoms. The third-order valence-corrected chi connectivity index (χ3v) is 4.35. The first-order chi connectivity index (χ1) is 12.5. The van der Waals surface area contributed by atoms with Crippen molar-refractivity contribution in [2.24, 2.45) is 0 Å². The predicted molar refractivity (Wildman–Crippen MR) is 94.3 cm³/mol. The Morgan fingerprint density at radius 1 is 1.12 bits per heavy atom. The van der Waals surface area contributed by atoms with Crippen LogP contribution in [0, 0.1) is 11.6 Å². The maximum Gasteiger partial charge on any atom is 0.322 e. The maximum absolute atomic E-state index is 13.2. The zero-order chi connectivity index (χ0) is 18.5. The van der Waals surface area contributed by atoms with Crippen molar-refractivity contribution < 1.29 is 18.0 Å². The zero-order valence-electron chi connectivity index (χ0n) is 13.8. The number of aromatic nitrogens is 2. The highest BCUT2D eigenvalue weighted by molar-refractivity contribution is 7.99. The summed E-state index contributed by atoms with van der Waals surface area (Å²) >= 11 is 1.75. The fraction of sp³-hybridized carbons (Fsp3) is 0.167. The van der Waals surface area contributed by atoms with Gasteiger partial charge in [-0.15, -0.1) is 16.9 Å². The summed E-state index contributed by atoms with van der Waals surface area (Å²) in [5.74, 6) is -1.45. The van der Waals surface area contributed by atoms with Gasteiger partial charge in [-0.3, -0.25) is 10.1 Å². The highest BCUT2D eigenvalue weighted by Crippen LogP contribution is 2.19. The molecule has 1 N–H and O–H groups in total. The molecule has 0 unspecified atom stereocenters. The molecular formula is C18H15F2N3O2S. The van der Waals surface area contributed by atoms with E-state index >= 15 is 0 Å². The summed E-state index contributed by atoms with van der Waals surface area (Å²) in [5, 5.41) is 9.99. The van der Waals surface area contributed by atoms with E-state index < -0.39 is 17.5 Å². The molecule has 0 aliphatic heterocycles. The fourth-order valence-electron chi connectivity index (χ4n) is 2.23. The minimum Gasteiger partial charge on any atom is -0.407 e. The largest absolute Gasteiger partial charge is 0.407 e. The number of rotatable bonds is 6. The van der Waals surface area contributed by atoms with Crippen LogP contribution in [0.1, 0.15) is 28.7 Å². The summed E-state index contributed by atoms with van der Waals surface area (Å²) in [6, 6.07) is 10.7. The predicted octanol–water partition coefficient (Wildman–Crippen LogP) is 4.30. The molecule has 1 amide bonds.